The van der Waals surface area contributed by atoms with Crippen LogP contribution < -0.4 is 5.73 Å². The number of hydrogen-bond donors (Lipinski definition) is 3. The van der Waals surface area contributed by atoms with Gasteiger partial charge in [-0.15, -0.1) is 0 Å². The second-order valence-electron chi connectivity index (χ2n) is 8.58. The Hall–Kier alpha value is -2.04. The number of nitrogens with two attached hydrogens (primary N) is 1. The zero-order chi connectivity index (χ0) is 23.9. The first-order valence-corrected chi connectivity index (χ1v) is 10.7. The van der Waals surface area contributed by atoms with Crippen LogP contribution in [-0.2, 0) is 4.79 Å². The first-order chi connectivity index (χ1) is 14.9. The molecule has 1 aliphatic heterocycles. The third-order valence-corrected chi connectivity index (χ3v) is 6.20. The lowest BCUT2D eigenvalue weighted by atomic mass is 9.82. The summed E-state index contributed by atoms with van der Waals surface area (Å²) >= 11 is 0. The maximum atomic E-state index is 13.0. The summed E-state index contributed by atoms with van der Waals surface area (Å²) in [4.78, 5) is 23.8. The number of piperidine rings is 1. The second kappa shape index (κ2) is 11.2. The van der Waals surface area contributed by atoms with Crippen LogP contribution in [0.5, 0.6) is 0 Å². The van der Waals surface area contributed by atoms with E-state index in [0.29, 0.717) is 24.4 Å². The van der Waals surface area contributed by atoms with E-state index in [9.17, 15) is 27.5 Å². The van der Waals surface area contributed by atoms with Gasteiger partial charge in [-0.05, 0) is 81.7 Å². The van der Waals surface area contributed by atoms with Crippen LogP contribution >= 0.6 is 0 Å². The average Bonchev–Trinajstić information content (AvgIpc) is 2.74. The van der Waals surface area contributed by atoms with Crippen LogP contribution in [0.25, 0.3) is 0 Å². The highest BCUT2D eigenvalue weighted by Crippen LogP contribution is 2.29. The van der Waals surface area contributed by atoms with Gasteiger partial charge < -0.3 is 20.8 Å². The monoisotopic (exact) mass is 462 g/mol. The highest BCUT2D eigenvalue weighted by atomic mass is 19.4. The number of benzene rings is 1. The third kappa shape index (κ3) is 7.83. The molecule has 32 heavy (non-hydrogen) atoms. The Morgan fingerprint density at radius 3 is 2.03 bits per heavy atom. The van der Waals surface area contributed by atoms with Crippen LogP contribution in [0.15, 0.2) is 24.3 Å². The summed E-state index contributed by atoms with van der Waals surface area (Å²) in [6.07, 6.45) is 1.70. The SMILES string of the molecule is N[C@H]1CC[C@H](CCN2CCC(O)(C(=O)c3ccc(F)cc3)CC2)CC1.O=C(O)C(F)(F)F. The van der Waals surface area contributed by atoms with E-state index < -0.39 is 17.7 Å². The Morgan fingerprint density at radius 2 is 1.56 bits per heavy atom. The lowest BCUT2D eigenvalue weighted by Gasteiger charge is -2.38. The molecule has 4 N–H and O–H groups in total. The number of Topliss-reactive ketones (excluding diaryl/α,β-unsaturated/α-hetero) is 1. The number of aliphatic carboxylic acids is 1. The van der Waals surface area contributed by atoms with E-state index in [1.165, 1.54) is 43.5 Å². The number of carboxylic acids is 1. The van der Waals surface area contributed by atoms with Crippen molar-refractivity contribution in [3.05, 3.63) is 35.6 Å². The van der Waals surface area contributed by atoms with Crippen molar-refractivity contribution < 1.29 is 37.4 Å². The molecule has 10 heteroatoms. The molecule has 2 aliphatic rings. The minimum atomic E-state index is -5.08. The Labute approximate surface area is 184 Å². The van der Waals surface area contributed by atoms with E-state index in [2.05, 4.69) is 4.90 Å². The zero-order valence-electron chi connectivity index (χ0n) is 17.8. The molecule has 1 saturated carbocycles. The topological polar surface area (TPSA) is 104 Å². The van der Waals surface area contributed by atoms with Gasteiger partial charge in [0, 0.05) is 24.7 Å². The number of carbonyl (C=O) groups excluding carboxylic acids is 1. The first-order valence-electron chi connectivity index (χ1n) is 10.7. The molecular formula is C22H30F4N2O4. The summed E-state index contributed by atoms with van der Waals surface area (Å²) in [7, 11) is 0. The van der Waals surface area contributed by atoms with Crippen LogP contribution in [-0.4, -0.2) is 64.3 Å². The second-order valence-corrected chi connectivity index (χ2v) is 8.58. The van der Waals surface area contributed by atoms with Gasteiger partial charge in [0.05, 0.1) is 0 Å². The van der Waals surface area contributed by atoms with Crippen molar-refractivity contribution in [3.63, 3.8) is 0 Å². The van der Waals surface area contributed by atoms with Crippen molar-refractivity contribution in [1.82, 2.24) is 4.90 Å². The number of carboxylic acid groups (broad SMARTS) is 1. The molecule has 6 nitrogen and oxygen atoms in total. The minimum absolute atomic E-state index is 0.284. The van der Waals surface area contributed by atoms with Crippen LogP contribution in [0.4, 0.5) is 17.6 Å². The van der Waals surface area contributed by atoms with E-state index >= 15 is 0 Å². The van der Waals surface area contributed by atoms with Gasteiger partial charge in [0.25, 0.3) is 0 Å². The smallest absolute Gasteiger partial charge is 0.475 e. The summed E-state index contributed by atoms with van der Waals surface area (Å²) in [5.74, 6) is -2.65. The third-order valence-electron chi connectivity index (χ3n) is 6.20. The molecule has 0 atom stereocenters. The summed E-state index contributed by atoms with van der Waals surface area (Å²) in [6, 6.07) is 5.83. The van der Waals surface area contributed by atoms with Gasteiger partial charge in [-0.2, -0.15) is 13.2 Å². The molecule has 1 saturated heterocycles. The minimum Gasteiger partial charge on any atom is -0.475 e. The molecule has 2 fully saturated rings. The quantitative estimate of drug-likeness (QED) is 0.458. The van der Waals surface area contributed by atoms with E-state index in [-0.39, 0.29) is 11.6 Å². The molecule has 1 aromatic rings. The Bertz CT molecular complexity index is 754. The van der Waals surface area contributed by atoms with Gasteiger partial charge in [0.15, 0.2) is 5.78 Å². The number of aliphatic hydroxyl groups is 1. The molecule has 0 radical (unpaired) electrons. The maximum absolute atomic E-state index is 13.0. The maximum Gasteiger partial charge on any atom is 0.490 e. The molecule has 1 aromatic carbocycles. The largest absolute Gasteiger partial charge is 0.490 e. The molecular weight excluding hydrogens is 432 g/mol. The number of ketones is 1. The van der Waals surface area contributed by atoms with Crippen LogP contribution in [0.3, 0.4) is 0 Å². The number of halogens is 4. The van der Waals surface area contributed by atoms with Gasteiger partial charge in [0.2, 0.25) is 0 Å². The molecule has 0 spiro atoms. The van der Waals surface area contributed by atoms with Gasteiger partial charge in [-0.25, -0.2) is 9.18 Å². The van der Waals surface area contributed by atoms with Crippen LogP contribution in [0, 0.1) is 11.7 Å². The van der Waals surface area contributed by atoms with Crippen molar-refractivity contribution in [2.75, 3.05) is 19.6 Å². The van der Waals surface area contributed by atoms with Crippen LogP contribution in [0.2, 0.25) is 0 Å². The van der Waals surface area contributed by atoms with Gasteiger partial charge in [-0.1, -0.05) is 0 Å². The van der Waals surface area contributed by atoms with E-state index in [1.54, 1.807) is 0 Å². The molecule has 0 bridgehead atoms. The molecule has 1 heterocycles. The highest BCUT2D eigenvalue weighted by molar-refractivity contribution is 6.02. The zero-order valence-corrected chi connectivity index (χ0v) is 17.8. The number of likely N-dealkylation sites (tertiary alicyclic amines) is 1. The fraction of sp³-hybridized carbons (Fsp3) is 0.636. The van der Waals surface area contributed by atoms with Crippen LogP contribution in [0.1, 0.15) is 55.3 Å². The molecule has 1 aliphatic carbocycles. The number of hydrogen-bond acceptors (Lipinski definition) is 5. The number of carbonyl (C=O) groups is 2. The summed E-state index contributed by atoms with van der Waals surface area (Å²) in [5.41, 5.74) is 5.03. The van der Waals surface area contributed by atoms with Gasteiger partial charge >= 0.3 is 12.1 Å². The molecule has 0 unspecified atom stereocenters. The molecule has 180 valence electrons. The lowest BCUT2D eigenvalue weighted by molar-refractivity contribution is -0.192. The van der Waals surface area contributed by atoms with Crippen molar-refractivity contribution in [3.8, 4) is 0 Å². The van der Waals surface area contributed by atoms with Crippen molar-refractivity contribution in [2.45, 2.75) is 62.8 Å². The Morgan fingerprint density at radius 1 is 1.06 bits per heavy atom. The molecule has 3 rings (SSSR count). The fourth-order valence-electron chi connectivity index (χ4n) is 4.09. The van der Waals surface area contributed by atoms with E-state index in [4.69, 9.17) is 15.6 Å². The van der Waals surface area contributed by atoms with E-state index in [0.717, 1.165) is 38.4 Å². The van der Waals surface area contributed by atoms with E-state index in [1.807, 2.05) is 0 Å². The standard InChI is InChI=1S/C20H29FN2O2.C2HF3O2/c21-17-5-3-16(4-6-17)19(24)20(25)10-13-23(14-11-20)12-9-15-1-7-18(22)8-2-15;3-2(4,5)1(6)7/h3-6,15,18,25H,1-2,7-14,22H2;(H,6,7)/t15-,18-;. The normalized spacial score (nSPS) is 23.7. The summed E-state index contributed by atoms with van der Waals surface area (Å²) < 4.78 is 44.7. The van der Waals surface area contributed by atoms with Gasteiger partial charge in [0.1, 0.15) is 11.4 Å². The van der Waals surface area contributed by atoms with Crippen molar-refractivity contribution in [2.24, 2.45) is 11.7 Å². The highest BCUT2D eigenvalue weighted by Gasteiger charge is 2.40. The Kier molecular flexibility index (Phi) is 9.18. The Balaban J connectivity index is 0.000000451. The lowest BCUT2D eigenvalue weighted by Crippen LogP contribution is -2.49. The average molecular weight is 462 g/mol. The fourth-order valence-corrected chi connectivity index (χ4v) is 4.09. The molecule has 0 aromatic heterocycles. The summed E-state index contributed by atoms with van der Waals surface area (Å²) in [5, 5.41) is 17.9. The molecule has 0 amide bonds. The number of nitrogens with zero attached hydrogens (tertiary/aromatic N) is 1. The van der Waals surface area contributed by atoms with Crippen molar-refractivity contribution in [1.29, 1.82) is 0 Å². The predicted octanol–water partition coefficient (Wildman–Crippen LogP) is 3.38. The predicted molar refractivity (Wildman–Crippen MR) is 110 cm³/mol. The first kappa shape index (κ1) is 26.2. The van der Waals surface area contributed by atoms with Gasteiger partial charge in [-0.3, -0.25) is 4.79 Å². The number of alkyl halides is 3. The van der Waals surface area contributed by atoms with Crippen molar-refractivity contribution >= 4 is 11.8 Å². The number of rotatable bonds is 5. The summed E-state index contributed by atoms with van der Waals surface area (Å²) in [6.45, 7) is 2.49.